The van der Waals surface area contributed by atoms with Crippen LogP contribution in [0.5, 0.6) is 5.88 Å². The fraction of sp³-hybridized carbons (Fsp3) is 0.0625. The zero-order chi connectivity index (χ0) is 12.9. The van der Waals surface area contributed by atoms with Crippen LogP contribution in [0, 0.1) is 6.07 Å². The molecule has 3 rings (SSSR count). The van der Waals surface area contributed by atoms with E-state index in [1.54, 1.807) is 10.9 Å². The summed E-state index contributed by atoms with van der Waals surface area (Å²) in [5.74, 6) is 0.507. The number of hydrogen-bond donors (Lipinski definition) is 0. The van der Waals surface area contributed by atoms with E-state index in [0.717, 1.165) is 11.3 Å². The number of aromatic nitrogens is 2. The van der Waals surface area contributed by atoms with Gasteiger partial charge >= 0.3 is 0 Å². The molecule has 1 radical (unpaired) electrons. The Kier molecular flexibility index (Phi) is 3.28. The third kappa shape index (κ3) is 2.83. The molecule has 0 fully saturated rings. The first-order valence-corrected chi connectivity index (χ1v) is 6.11. The van der Waals surface area contributed by atoms with Gasteiger partial charge in [-0.05, 0) is 17.7 Å². The van der Waals surface area contributed by atoms with Crippen LogP contribution in [0.2, 0.25) is 0 Å². The van der Waals surface area contributed by atoms with Crippen LogP contribution in [0.25, 0.3) is 5.69 Å². The Hall–Kier alpha value is -2.55. The number of ether oxygens (including phenoxy) is 1. The van der Waals surface area contributed by atoms with E-state index in [0.29, 0.717) is 12.5 Å². The third-order valence-electron chi connectivity index (χ3n) is 2.75. The molecule has 0 atom stereocenters. The second-order valence-electron chi connectivity index (χ2n) is 4.13. The zero-order valence-electron chi connectivity index (χ0n) is 10.4. The van der Waals surface area contributed by atoms with Crippen molar-refractivity contribution in [2.75, 3.05) is 0 Å². The van der Waals surface area contributed by atoms with Crippen LogP contribution in [0.15, 0.2) is 66.9 Å². The van der Waals surface area contributed by atoms with E-state index in [1.165, 1.54) is 0 Å². The summed E-state index contributed by atoms with van der Waals surface area (Å²) in [7, 11) is 0. The van der Waals surface area contributed by atoms with Crippen molar-refractivity contribution in [1.82, 2.24) is 9.78 Å². The van der Waals surface area contributed by atoms with Gasteiger partial charge in [0, 0.05) is 6.20 Å². The minimum Gasteiger partial charge on any atom is -0.471 e. The Bertz CT molecular complexity index is 632. The van der Waals surface area contributed by atoms with E-state index in [2.05, 4.69) is 11.2 Å². The smallest absolute Gasteiger partial charge is 0.241 e. The maximum absolute atomic E-state index is 5.61. The van der Waals surface area contributed by atoms with Crippen LogP contribution >= 0.6 is 0 Å². The van der Waals surface area contributed by atoms with Gasteiger partial charge < -0.3 is 4.74 Å². The number of nitrogens with zero attached hydrogens (tertiary/aromatic N) is 2. The highest BCUT2D eigenvalue weighted by atomic mass is 16.5. The summed E-state index contributed by atoms with van der Waals surface area (Å²) in [5, 5.41) is 4.33. The van der Waals surface area contributed by atoms with E-state index in [1.807, 2.05) is 60.7 Å². The predicted molar refractivity (Wildman–Crippen MR) is 73.2 cm³/mol. The second kappa shape index (κ2) is 5.40. The normalized spacial score (nSPS) is 10.3. The molecule has 2 aromatic carbocycles. The topological polar surface area (TPSA) is 27.1 Å². The Morgan fingerprint density at radius 1 is 0.947 bits per heavy atom. The van der Waals surface area contributed by atoms with Crippen LogP contribution in [0.1, 0.15) is 5.56 Å². The van der Waals surface area contributed by atoms with Gasteiger partial charge in [-0.1, -0.05) is 48.5 Å². The number of rotatable bonds is 4. The van der Waals surface area contributed by atoms with Crippen LogP contribution in [-0.2, 0) is 6.61 Å². The van der Waals surface area contributed by atoms with Gasteiger partial charge in [0.05, 0.1) is 11.8 Å². The molecule has 0 saturated heterocycles. The van der Waals surface area contributed by atoms with Gasteiger partial charge in [-0.15, -0.1) is 5.10 Å². The number of para-hydroxylation sites is 1. The van der Waals surface area contributed by atoms with Gasteiger partial charge in [0.2, 0.25) is 5.88 Å². The maximum Gasteiger partial charge on any atom is 0.241 e. The highest BCUT2D eigenvalue weighted by Crippen LogP contribution is 2.12. The van der Waals surface area contributed by atoms with E-state index in [4.69, 9.17) is 4.74 Å². The van der Waals surface area contributed by atoms with Crippen molar-refractivity contribution in [2.45, 2.75) is 6.61 Å². The van der Waals surface area contributed by atoms with Gasteiger partial charge in [0.25, 0.3) is 0 Å². The monoisotopic (exact) mass is 249 g/mol. The molecule has 0 aliphatic carbocycles. The summed E-state index contributed by atoms with van der Waals surface area (Å²) in [6.45, 7) is 0.503. The lowest BCUT2D eigenvalue weighted by Gasteiger charge is -2.03. The molecule has 0 bridgehead atoms. The second-order valence-corrected chi connectivity index (χ2v) is 4.13. The van der Waals surface area contributed by atoms with E-state index in [9.17, 15) is 0 Å². The molecule has 1 heterocycles. The standard InChI is InChI=1S/C16H13N2O/c1-3-7-14(8-4-1)13-19-16-11-12-18(17-16)15-9-5-2-6-10-15/h1-10,12H,13H2. The molecule has 3 heteroatoms. The summed E-state index contributed by atoms with van der Waals surface area (Å²) < 4.78 is 7.36. The van der Waals surface area contributed by atoms with E-state index in [-0.39, 0.29) is 0 Å². The molecule has 0 spiro atoms. The molecule has 0 saturated carbocycles. The van der Waals surface area contributed by atoms with Crippen molar-refractivity contribution < 1.29 is 4.74 Å². The van der Waals surface area contributed by atoms with E-state index >= 15 is 0 Å². The van der Waals surface area contributed by atoms with Crippen molar-refractivity contribution in [3.8, 4) is 11.6 Å². The van der Waals surface area contributed by atoms with Gasteiger partial charge in [-0.3, -0.25) is 0 Å². The molecule has 0 unspecified atom stereocenters. The first kappa shape index (κ1) is 11.5. The highest BCUT2D eigenvalue weighted by Gasteiger charge is 2.02. The largest absolute Gasteiger partial charge is 0.471 e. The van der Waals surface area contributed by atoms with Crippen LogP contribution in [-0.4, -0.2) is 9.78 Å². The Morgan fingerprint density at radius 2 is 1.63 bits per heavy atom. The summed E-state index contributed by atoms with van der Waals surface area (Å²) >= 11 is 0. The van der Waals surface area contributed by atoms with Gasteiger partial charge in [-0.2, -0.15) is 0 Å². The summed E-state index contributed by atoms with van der Waals surface area (Å²) in [6, 6.07) is 22.9. The molecule has 0 amide bonds. The molecular formula is C16H13N2O. The summed E-state index contributed by atoms with van der Waals surface area (Å²) in [5.41, 5.74) is 2.11. The minimum atomic E-state index is 0.503. The van der Waals surface area contributed by atoms with Crippen LogP contribution in [0.4, 0.5) is 0 Å². The number of benzene rings is 2. The average Bonchev–Trinajstić information content (AvgIpc) is 2.96. The van der Waals surface area contributed by atoms with Gasteiger partial charge in [0.15, 0.2) is 0 Å². The minimum absolute atomic E-state index is 0.503. The van der Waals surface area contributed by atoms with Crippen molar-refractivity contribution >= 4 is 0 Å². The summed E-state index contributed by atoms with van der Waals surface area (Å²) in [6.07, 6.45) is 1.77. The molecule has 1 aromatic heterocycles. The highest BCUT2D eigenvalue weighted by molar-refractivity contribution is 5.30. The molecule has 3 aromatic rings. The Labute approximate surface area is 112 Å². The molecule has 0 N–H and O–H groups in total. The predicted octanol–water partition coefficient (Wildman–Crippen LogP) is 3.25. The molecule has 0 aliphatic heterocycles. The van der Waals surface area contributed by atoms with Crippen molar-refractivity contribution in [2.24, 2.45) is 0 Å². The lowest BCUT2D eigenvalue weighted by molar-refractivity contribution is 0.291. The van der Waals surface area contributed by atoms with Crippen LogP contribution < -0.4 is 4.74 Å². The van der Waals surface area contributed by atoms with Crippen LogP contribution in [0.3, 0.4) is 0 Å². The molecule has 19 heavy (non-hydrogen) atoms. The third-order valence-corrected chi connectivity index (χ3v) is 2.75. The van der Waals surface area contributed by atoms with Gasteiger partial charge in [-0.25, -0.2) is 4.68 Å². The average molecular weight is 249 g/mol. The summed E-state index contributed by atoms with van der Waals surface area (Å²) in [4.78, 5) is 0. The molecule has 93 valence electrons. The van der Waals surface area contributed by atoms with E-state index < -0.39 is 0 Å². The fourth-order valence-electron chi connectivity index (χ4n) is 1.78. The lowest BCUT2D eigenvalue weighted by atomic mass is 10.2. The fourth-order valence-corrected chi connectivity index (χ4v) is 1.78. The number of hydrogen-bond acceptors (Lipinski definition) is 2. The molecule has 3 nitrogen and oxygen atoms in total. The van der Waals surface area contributed by atoms with Gasteiger partial charge in [0.1, 0.15) is 6.61 Å². The first-order chi connectivity index (χ1) is 9.42. The molecular weight excluding hydrogens is 236 g/mol. The first-order valence-electron chi connectivity index (χ1n) is 6.11. The SMILES string of the molecule is [c]1cn(-c2ccccc2)nc1OCc1ccccc1. The zero-order valence-corrected chi connectivity index (χ0v) is 10.4. The Balaban J connectivity index is 1.69. The van der Waals surface area contributed by atoms with Crippen molar-refractivity contribution in [1.29, 1.82) is 0 Å². The van der Waals surface area contributed by atoms with Crippen molar-refractivity contribution in [3.05, 3.63) is 78.5 Å². The maximum atomic E-state index is 5.61. The quantitative estimate of drug-likeness (QED) is 0.709. The lowest BCUT2D eigenvalue weighted by Crippen LogP contribution is -1.98. The Morgan fingerprint density at radius 3 is 2.37 bits per heavy atom. The molecule has 0 aliphatic rings. The van der Waals surface area contributed by atoms with Crippen molar-refractivity contribution in [3.63, 3.8) is 0 Å².